The van der Waals surface area contributed by atoms with E-state index in [1.54, 1.807) is 18.0 Å². The Balaban J connectivity index is 1.17. The molecule has 210 valence electrons. The Morgan fingerprint density at radius 2 is 1.90 bits per heavy atom. The molecule has 0 saturated carbocycles. The van der Waals surface area contributed by atoms with E-state index in [4.69, 9.17) is 14.2 Å². The Morgan fingerprint density at radius 3 is 2.71 bits per heavy atom. The lowest BCUT2D eigenvalue weighted by Gasteiger charge is -2.35. The van der Waals surface area contributed by atoms with Crippen molar-refractivity contribution < 1.29 is 19.0 Å². The number of pyridine rings is 1. The summed E-state index contributed by atoms with van der Waals surface area (Å²) in [6.45, 7) is 3.66. The quantitative estimate of drug-likeness (QED) is 0.365. The minimum atomic E-state index is -0.294. The number of likely N-dealkylation sites (N-methyl/N-ethyl adjacent to an activating group) is 1. The van der Waals surface area contributed by atoms with Crippen LogP contribution >= 0.6 is 0 Å². The van der Waals surface area contributed by atoms with E-state index in [2.05, 4.69) is 30.3 Å². The number of tetrazole rings is 1. The van der Waals surface area contributed by atoms with Gasteiger partial charge in [-0.15, -0.1) is 5.10 Å². The highest BCUT2D eigenvalue weighted by molar-refractivity contribution is 5.95. The van der Waals surface area contributed by atoms with Crippen molar-refractivity contribution in [1.82, 2.24) is 35.0 Å². The van der Waals surface area contributed by atoms with Crippen LogP contribution in [0.5, 0.6) is 17.2 Å². The molecule has 0 bridgehead atoms. The molecule has 1 fully saturated rings. The number of hydrogen-bond donors (Lipinski definition) is 0. The summed E-state index contributed by atoms with van der Waals surface area (Å²) in [4.78, 5) is 24.3. The highest BCUT2D eigenvalue weighted by Gasteiger charge is 2.38. The van der Waals surface area contributed by atoms with Crippen LogP contribution in [0.2, 0.25) is 0 Å². The number of amides is 1. The van der Waals surface area contributed by atoms with Crippen molar-refractivity contribution >= 4 is 11.7 Å². The first-order chi connectivity index (χ1) is 20.1. The molecule has 0 spiro atoms. The van der Waals surface area contributed by atoms with Gasteiger partial charge in [0.15, 0.2) is 17.3 Å². The van der Waals surface area contributed by atoms with E-state index < -0.39 is 0 Å². The molecule has 1 saturated heterocycles. The average Bonchev–Trinajstić information content (AvgIpc) is 3.70. The molecule has 3 aliphatic rings. The molecule has 2 aromatic carbocycles. The Morgan fingerprint density at radius 1 is 1.02 bits per heavy atom. The summed E-state index contributed by atoms with van der Waals surface area (Å²) in [5.41, 5.74) is 3.37. The number of methoxy groups -OCH3 is 1. The lowest BCUT2D eigenvalue weighted by atomic mass is 9.90. The van der Waals surface area contributed by atoms with Gasteiger partial charge in [-0.2, -0.15) is 4.68 Å². The second-order valence-electron chi connectivity index (χ2n) is 10.3. The molecular weight excluding hydrogens is 524 g/mol. The molecule has 3 aliphatic heterocycles. The van der Waals surface area contributed by atoms with Gasteiger partial charge >= 0.3 is 0 Å². The third-order valence-corrected chi connectivity index (χ3v) is 8.01. The van der Waals surface area contributed by atoms with Gasteiger partial charge in [-0.3, -0.25) is 9.69 Å². The highest BCUT2D eigenvalue weighted by Crippen LogP contribution is 2.50. The minimum Gasteiger partial charge on any atom is -0.492 e. The normalized spacial score (nSPS) is 18.3. The maximum absolute atomic E-state index is 13.5. The average molecular weight is 555 g/mol. The van der Waals surface area contributed by atoms with Crippen LogP contribution in [0.1, 0.15) is 33.4 Å². The summed E-state index contributed by atoms with van der Waals surface area (Å²) in [5, 5.41) is 12.9. The molecule has 0 N–H and O–H groups in total. The van der Waals surface area contributed by atoms with Crippen LogP contribution in [-0.4, -0.2) is 94.6 Å². The molecule has 0 aliphatic carbocycles. The second-order valence-corrected chi connectivity index (χ2v) is 10.3. The largest absolute Gasteiger partial charge is 0.492 e. The van der Waals surface area contributed by atoms with Crippen molar-refractivity contribution in [1.29, 1.82) is 0 Å². The fourth-order valence-electron chi connectivity index (χ4n) is 5.94. The van der Waals surface area contributed by atoms with E-state index in [1.165, 1.54) is 0 Å². The molecule has 1 atom stereocenters. The van der Waals surface area contributed by atoms with E-state index in [0.29, 0.717) is 47.4 Å². The molecule has 2 aromatic heterocycles. The Kier molecular flexibility index (Phi) is 6.38. The number of rotatable bonds is 5. The van der Waals surface area contributed by atoms with Crippen molar-refractivity contribution in [2.24, 2.45) is 0 Å². The number of carbonyl (C=O) groups is 1. The Bertz CT molecular complexity index is 1590. The highest BCUT2D eigenvalue weighted by atomic mass is 16.7. The molecule has 7 rings (SSSR count). The van der Waals surface area contributed by atoms with Crippen LogP contribution in [0.25, 0.3) is 5.69 Å². The second kappa shape index (κ2) is 10.4. The minimum absolute atomic E-state index is 0.0170. The number of carbonyl (C=O) groups excluding carboxylic acids is 1. The van der Waals surface area contributed by atoms with Crippen molar-refractivity contribution in [3.63, 3.8) is 0 Å². The topological polar surface area (TPSA) is 111 Å². The van der Waals surface area contributed by atoms with Crippen LogP contribution in [0.3, 0.4) is 0 Å². The van der Waals surface area contributed by atoms with Gasteiger partial charge in [0.05, 0.1) is 12.8 Å². The monoisotopic (exact) mass is 554 g/mol. The van der Waals surface area contributed by atoms with E-state index >= 15 is 0 Å². The van der Waals surface area contributed by atoms with E-state index in [-0.39, 0.29) is 18.7 Å². The number of hydrogen-bond acceptors (Lipinski definition) is 10. The number of aromatic nitrogens is 5. The van der Waals surface area contributed by atoms with Crippen molar-refractivity contribution in [2.75, 3.05) is 58.6 Å². The van der Waals surface area contributed by atoms with E-state index in [1.807, 2.05) is 60.5 Å². The zero-order valence-corrected chi connectivity index (χ0v) is 22.9. The van der Waals surface area contributed by atoms with E-state index in [9.17, 15) is 4.79 Å². The van der Waals surface area contributed by atoms with Gasteiger partial charge in [0.1, 0.15) is 11.9 Å². The van der Waals surface area contributed by atoms with Crippen LogP contribution < -0.4 is 19.1 Å². The van der Waals surface area contributed by atoms with E-state index in [0.717, 1.165) is 43.0 Å². The SMILES string of the molecule is COc1c2c(cc3c1[C@H](c1nnnn1-c1cccc(C(=O)N4CCN(c5ccccn5)CC4)c1)N(C)CC3)OCO2. The van der Waals surface area contributed by atoms with Gasteiger partial charge in [-0.05, 0) is 65.9 Å². The summed E-state index contributed by atoms with van der Waals surface area (Å²) >= 11 is 0. The summed E-state index contributed by atoms with van der Waals surface area (Å²) in [5.74, 6) is 3.46. The van der Waals surface area contributed by atoms with Gasteiger partial charge in [0, 0.05) is 50.0 Å². The smallest absolute Gasteiger partial charge is 0.254 e. The van der Waals surface area contributed by atoms with Crippen LogP contribution in [0.4, 0.5) is 5.82 Å². The van der Waals surface area contributed by atoms with Crippen LogP contribution in [0, 0.1) is 0 Å². The molecule has 5 heterocycles. The third kappa shape index (κ3) is 4.40. The summed E-state index contributed by atoms with van der Waals surface area (Å²) in [6, 6.07) is 15.1. The van der Waals surface area contributed by atoms with Gasteiger partial charge in [-0.1, -0.05) is 12.1 Å². The molecule has 0 radical (unpaired) electrons. The molecule has 12 nitrogen and oxygen atoms in total. The van der Waals surface area contributed by atoms with Crippen LogP contribution in [0.15, 0.2) is 54.7 Å². The van der Waals surface area contributed by atoms with Gasteiger partial charge in [0.2, 0.25) is 12.5 Å². The molecule has 4 aromatic rings. The Labute approximate surface area is 237 Å². The zero-order chi connectivity index (χ0) is 27.9. The van der Waals surface area contributed by atoms with Crippen LogP contribution in [-0.2, 0) is 6.42 Å². The van der Waals surface area contributed by atoms with Crippen molar-refractivity contribution in [3.05, 3.63) is 77.2 Å². The maximum Gasteiger partial charge on any atom is 0.254 e. The number of ether oxygens (including phenoxy) is 3. The van der Waals surface area contributed by atoms with Crippen molar-refractivity contribution in [3.8, 4) is 22.9 Å². The summed E-state index contributed by atoms with van der Waals surface area (Å²) in [7, 11) is 3.68. The first kappa shape index (κ1) is 25.3. The lowest BCUT2D eigenvalue weighted by molar-refractivity contribution is 0.0746. The standard InChI is InChI=1S/C29H30N8O4/c1-34-11-9-19-17-22-26(41-18-40-22)27(39-2)24(19)25(34)28-31-32-33-37(28)21-7-5-6-20(16-21)29(38)36-14-12-35(13-15-36)23-8-3-4-10-30-23/h3-8,10,16-17,25H,9,11-15,18H2,1-2H3/t25-/m1/s1. The fraction of sp³-hybridized carbons (Fsp3) is 0.345. The molecule has 12 heteroatoms. The summed E-state index contributed by atoms with van der Waals surface area (Å²) in [6.07, 6.45) is 2.62. The predicted octanol–water partition coefficient (Wildman–Crippen LogP) is 2.33. The fourth-order valence-corrected chi connectivity index (χ4v) is 5.94. The van der Waals surface area contributed by atoms with Gasteiger partial charge < -0.3 is 24.0 Å². The third-order valence-electron chi connectivity index (χ3n) is 8.01. The summed E-state index contributed by atoms with van der Waals surface area (Å²) < 4.78 is 19.0. The number of piperazine rings is 1. The van der Waals surface area contributed by atoms with Gasteiger partial charge in [0.25, 0.3) is 5.91 Å². The first-order valence-corrected chi connectivity index (χ1v) is 13.7. The molecule has 1 amide bonds. The lowest BCUT2D eigenvalue weighted by Crippen LogP contribution is -2.49. The van der Waals surface area contributed by atoms with Crippen molar-refractivity contribution in [2.45, 2.75) is 12.5 Å². The maximum atomic E-state index is 13.5. The predicted molar refractivity (Wildman–Crippen MR) is 149 cm³/mol. The molecule has 0 unspecified atom stereocenters. The number of fused-ring (bicyclic) bond motifs is 2. The molecule has 41 heavy (non-hydrogen) atoms. The molecular formula is C29H30N8O4. The Hall–Kier alpha value is -4.71. The number of benzene rings is 2. The number of nitrogens with zero attached hydrogens (tertiary/aromatic N) is 8. The zero-order valence-electron chi connectivity index (χ0n) is 22.9. The van der Waals surface area contributed by atoms with Gasteiger partial charge in [-0.25, -0.2) is 4.98 Å². The first-order valence-electron chi connectivity index (χ1n) is 13.7. The number of anilines is 1.